The molecule has 0 saturated heterocycles. The first-order chi connectivity index (χ1) is 17.8. The maximum atomic E-state index is 14.0. The van der Waals surface area contributed by atoms with Crippen LogP contribution in [0.1, 0.15) is 70.7 Å². The number of anilines is 1. The van der Waals surface area contributed by atoms with Crippen LogP contribution in [0.15, 0.2) is 49.0 Å². The zero-order valence-electron chi connectivity index (χ0n) is 23.4. The molecular weight excluding hydrogens is 502 g/mol. The molecule has 0 saturated carbocycles. The molecule has 2 rings (SSSR count). The molecule has 0 aliphatic heterocycles. The standard InChI is InChI=1S/C30H40ClN3O4/c1-9-21-14-12-15-22(18-21)26(27(35)33-25-20(5)13-11-16-23(25)31)34(10-2)28(36)24(17-19(3)4)32-29(37)38-30(6,7)8/h9,11-16,18-19,24,26H,1,10,17H2,2-8H3,(H,32,37)(H,33,35). The van der Waals surface area contributed by atoms with Crippen LogP contribution in [0.4, 0.5) is 10.5 Å². The third-order valence-electron chi connectivity index (χ3n) is 5.81. The molecule has 0 aliphatic rings. The minimum atomic E-state index is -0.988. The fourth-order valence-corrected chi connectivity index (χ4v) is 4.39. The number of nitrogens with zero attached hydrogens (tertiary/aromatic N) is 1. The van der Waals surface area contributed by atoms with E-state index in [2.05, 4.69) is 17.2 Å². The lowest BCUT2D eigenvalue weighted by Gasteiger charge is -2.34. The van der Waals surface area contributed by atoms with E-state index in [4.69, 9.17) is 16.3 Å². The summed E-state index contributed by atoms with van der Waals surface area (Å²) in [6, 6.07) is 10.8. The number of carbonyl (C=O) groups excluding carboxylic acids is 3. The predicted molar refractivity (Wildman–Crippen MR) is 154 cm³/mol. The maximum Gasteiger partial charge on any atom is 0.408 e. The van der Waals surface area contributed by atoms with Crippen molar-refractivity contribution < 1.29 is 19.1 Å². The van der Waals surface area contributed by atoms with Crippen molar-refractivity contribution in [3.05, 3.63) is 70.8 Å². The summed E-state index contributed by atoms with van der Waals surface area (Å²) in [4.78, 5) is 42.0. The largest absolute Gasteiger partial charge is 0.444 e. The first-order valence-corrected chi connectivity index (χ1v) is 13.2. The van der Waals surface area contributed by atoms with Gasteiger partial charge in [0.1, 0.15) is 17.7 Å². The average molecular weight is 542 g/mol. The van der Waals surface area contributed by atoms with Crippen LogP contribution in [-0.2, 0) is 14.3 Å². The number of nitrogens with one attached hydrogen (secondary N) is 2. The van der Waals surface area contributed by atoms with Crippen molar-refractivity contribution in [1.29, 1.82) is 0 Å². The van der Waals surface area contributed by atoms with Gasteiger partial charge in [-0.25, -0.2) is 4.79 Å². The Morgan fingerprint density at radius 2 is 1.79 bits per heavy atom. The smallest absolute Gasteiger partial charge is 0.408 e. The van der Waals surface area contributed by atoms with E-state index < -0.39 is 29.7 Å². The van der Waals surface area contributed by atoms with Gasteiger partial charge in [0.2, 0.25) is 5.91 Å². The fraction of sp³-hybridized carbons (Fsp3) is 0.433. The highest BCUT2D eigenvalue weighted by atomic mass is 35.5. The Hall–Kier alpha value is -3.32. The molecule has 38 heavy (non-hydrogen) atoms. The van der Waals surface area contributed by atoms with Gasteiger partial charge in [-0.05, 0) is 75.8 Å². The van der Waals surface area contributed by atoms with Gasteiger partial charge in [0, 0.05) is 6.54 Å². The molecule has 2 aromatic carbocycles. The molecule has 0 heterocycles. The van der Waals surface area contributed by atoms with Gasteiger partial charge < -0.3 is 20.3 Å². The lowest BCUT2D eigenvalue weighted by molar-refractivity contribution is -0.140. The summed E-state index contributed by atoms with van der Waals surface area (Å²) in [7, 11) is 0. The Balaban J connectivity index is 2.53. The maximum absolute atomic E-state index is 14.0. The first kappa shape index (κ1) is 30.9. The van der Waals surface area contributed by atoms with Gasteiger partial charge in [-0.3, -0.25) is 9.59 Å². The van der Waals surface area contributed by atoms with Crippen LogP contribution in [0.2, 0.25) is 5.02 Å². The van der Waals surface area contributed by atoms with Crippen molar-refractivity contribution in [3.63, 3.8) is 0 Å². The molecule has 8 heteroatoms. The van der Waals surface area contributed by atoms with Crippen molar-refractivity contribution in [1.82, 2.24) is 10.2 Å². The van der Waals surface area contributed by atoms with Gasteiger partial charge in [-0.15, -0.1) is 0 Å². The molecule has 0 fully saturated rings. The highest BCUT2D eigenvalue weighted by Crippen LogP contribution is 2.30. The summed E-state index contributed by atoms with van der Waals surface area (Å²) in [5.74, 6) is -0.704. The minimum Gasteiger partial charge on any atom is -0.444 e. The van der Waals surface area contributed by atoms with E-state index >= 15 is 0 Å². The molecule has 7 nitrogen and oxygen atoms in total. The second-order valence-electron chi connectivity index (χ2n) is 10.7. The van der Waals surface area contributed by atoms with Gasteiger partial charge in [-0.1, -0.05) is 68.4 Å². The number of amides is 3. The fourth-order valence-electron chi connectivity index (χ4n) is 4.12. The number of rotatable bonds is 10. The monoisotopic (exact) mass is 541 g/mol. The molecule has 206 valence electrons. The highest BCUT2D eigenvalue weighted by molar-refractivity contribution is 6.34. The minimum absolute atomic E-state index is 0.0970. The van der Waals surface area contributed by atoms with Crippen LogP contribution >= 0.6 is 11.6 Å². The number of halogens is 1. The summed E-state index contributed by atoms with van der Waals surface area (Å²) >= 11 is 6.40. The molecule has 0 radical (unpaired) electrons. The molecule has 0 aromatic heterocycles. The molecule has 2 N–H and O–H groups in total. The quantitative estimate of drug-likeness (QED) is 0.348. The number of aryl methyl sites for hydroxylation is 1. The first-order valence-electron chi connectivity index (χ1n) is 12.9. The van der Waals surface area contributed by atoms with E-state index in [0.29, 0.717) is 22.7 Å². The Kier molecular flexibility index (Phi) is 11.0. The number of ether oxygens (including phenoxy) is 1. The lowest BCUT2D eigenvalue weighted by atomic mass is 9.98. The van der Waals surface area contributed by atoms with Gasteiger partial charge in [-0.2, -0.15) is 0 Å². The number of alkyl carbamates (subject to hydrolysis) is 1. The van der Waals surface area contributed by atoms with Crippen LogP contribution in [0.3, 0.4) is 0 Å². The van der Waals surface area contributed by atoms with Crippen LogP contribution in [0.5, 0.6) is 0 Å². The van der Waals surface area contributed by atoms with E-state index in [-0.39, 0.29) is 18.4 Å². The predicted octanol–water partition coefficient (Wildman–Crippen LogP) is 6.76. The molecule has 2 unspecified atom stereocenters. The van der Waals surface area contributed by atoms with E-state index in [1.54, 1.807) is 52.0 Å². The summed E-state index contributed by atoms with van der Waals surface area (Å²) in [5.41, 5.74) is 1.98. The normalized spacial score (nSPS) is 12.9. The summed E-state index contributed by atoms with van der Waals surface area (Å²) in [6.07, 6.45) is 1.37. The number of hydrogen-bond donors (Lipinski definition) is 2. The number of hydrogen-bond acceptors (Lipinski definition) is 4. The molecule has 0 spiro atoms. The number of carbonyl (C=O) groups is 3. The molecular formula is C30H40ClN3O4. The van der Waals surface area contributed by atoms with Gasteiger partial charge >= 0.3 is 6.09 Å². The third kappa shape index (κ3) is 8.62. The van der Waals surface area contributed by atoms with Crippen molar-refractivity contribution in [3.8, 4) is 0 Å². The van der Waals surface area contributed by atoms with E-state index in [9.17, 15) is 14.4 Å². The van der Waals surface area contributed by atoms with Crippen molar-refractivity contribution in [2.75, 3.05) is 11.9 Å². The van der Waals surface area contributed by atoms with Crippen molar-refractivity contribution >= 4 is 41.3 Å². The van der Waals surface area contributed by atoms with E-state index in [1.165, 1.54) is 4.90 Å². The van der Waals surface area contributed by atoms with Crippen LogP contribution in [0, 0.1) is 12.8 Å². The van der Waals surface area contributed by atoms with Crippen LogP contribution in [0.25, 0.3) is 6.08 Å². The molecule has 0 aliphatic carbocycles. The Labute approximate surface area is 231 Å². The van der Waals surface area contributed by atoms with Crippen LogP contribution in [-0.4, -0.2) is 41.0 Å². The highest BCUT2D eigenvalue weighted by Gasteiger charge is 2.36. The molecule has 0 bridgehead atoms. The zero-order valence-corrected chi connectivity index (χ0v) is 24.2. The number of benzene rings is 2. The molecule has 3 amide bonds. The summed E-state index contributed by atoms with van der Waals surface area (Å²) in [5, 5.41) is 6.07. The van der Waals surface area contributed by atoms with E-state index in [1.807, 2.05) is 45.0 Å². The molecule has 2 atom stereocenters. The number of likely N-dealkylation sites (N-methyl/N-ethyl adjacent to an activating group) is 1. The summed E-state index contributed by atoms with van der Waals surface area (Å²) in [6.45, 7) is 16.9. The Bertz CT molecular complexity index is 1140. The Morgan fingerprint density at radius 3 is 2.34 bits per heavy atom. The van der Waals surface area contributed by atoms with E-state index in [0.717, 1.165) is 11.1 Å². The third-order valence-corrected chi connectivity index (χ3v) is 6.13. The second-order valence-corrected chi connectivity index (χ2v) is 11.1. The van der Waals surface area contributed by atoms with Gasteiger partial charge in [0.15, 0.2) is 0 Å². The number of para-hydroxylation sites is 1. The summed E-state index contributed by atoms with van der Waals surface area (Å²) < 4.78 is 5.42. The Morgan fingerprint density at radius 1 is 1.13 bits per heavy atom. The van der Waals surface area contributed by atoms with Crippen molar-refractivity contribution in [2.45, 2.75) is 72.6 Å². The lowest BCUT2D eigenvalue weighted by Crippen LogP contribution is -2.52. The molecule has 2 aromatic rings. The second kappa shape index (κ2) is 13.5. The zero-order chi connectivity index (χ0) is 28.6. The van der Waals surface area contributed by atoms with Gasteiger partial charge in [0.25, 0.3) is 5.91 Å². The van der Waals surface area contributed by atoms with Gasteiger partial charge in [0.05, 0.1) is 10.7 Å². The average Bonchev–Trinajstić information content (AvgIpc) is 2.82. The van der Waals surface area contributed by atoms with Crippen LogP contribution < -0.4 is 10.6 Å². The topological polar surface area (TPSA) is 87.7 Å². The van der Waals surface area contributed by atoms with Crippen molar-refractivity contribution in [2.24, 2.45) is 5.92 Å². The SMILES string of the molecule is C=Cc1cccc(C(C(=O)Nc2c(C)cccc2Cl)N(CC)C(=O)C(CC(C)C)NC(=O)OC(C)(C)C)c1.